The van der Waals surface area contributed by atoms with Crippen molar-refractivity contribution in [2.75, 3.05) is 0 Å². The molecule has 3 nitrogen and oxygen atoms in total. The molecule has 10 rings (SSSR count). The smallest absolute Gasteiger partial charge is 0.0774 e. The number of fused-ring (bicyclic) bond motifs is 2. The number of aromatic nitrogens is 3. The van der Waals surface area contributed by atoms with Gasteiger partial charge in [0.2, 0.25) is 0 Å². The van der Waals surface area contributed by atoms with Crippen LogP contribution in [0.2, 0.25) is 0 Å². The van der Waals surface area contributed by atoms with Crippen LogP contribution in [0.5, 0.6) is 0 Å². The molecule has 54 heavy (non-hydrogen) atoms. The number of nitrogens with zero attached hydrogens (tertiary/aromatic N) is 3. The van der Waals surface area contributed by atoms with Crippen molar-refractivity contribution in [2.45, 2.75) is 0 Å². The molecule has 0 bridgehead atoms. The molecule has 10 aromatic rings. The molecule has 0 atom stereocenters. The molecule has 6 heteroatoms. The molecular weight excluding hydrogens is 875 g/mol. The summed E-state index contributed by atoms with van der Waals surface area (Å²) in [4.78, 5) is 9.50. The maximum Gasteiger partial charge on any atom is 0.0774 e. The fraction of sp³-hybridized carbons (Fsp3) is 0. The van der Waals surface area contributed by atoms with E-state index in [1.54, 1.807) is 28.9 Å². The minimum Gasteiger partial charge on any atom is -0.332 e. The molecule has 0 aliphatic carbocycles. The molecule has 0 fully saturated rings. The van der Waals surface area contributed by atoms with Crippen molar-refractivity contribution in [2.24, 2.45) is 0 Å². The molecule has 0 N–H and O–H groups in total. The average Bonchev–Trinajstić information content (AvgIpc) is 4.01. The van der Waals surface area contributed by atoms with Gasteiger partial charge in [0.1, 0.15) is 0 Å². The van der Waals surface area contributed by atoms with Crippen LogP contribution in [0.4, 0.5) is 0 Å². The maximum absolute atomic E-state index is 5.28. The van der Waals surface area contributed by atoms with Gasteiger partial charge < -0.3 is 9.55 Å². The quantitative estimate of drug-likeness (QED) is 0.156. The Balaban J connectivity index is 0.000000271. The predicted molar refractivity (Wildman–Crippen MR) is 223 cm³/mol. The summed E-state index contributed by atoms with van der Waals surface area (Å²) in [5.41, 5.74) is 13.3. The molecule has 0 aliphatic heterocycles. The van der Waals surface area contributed by atoms with Gasteiger partial charge in [-0.05, 0) is 63.0 Å². The van der Waals surface area contributed by atoms with E-state index in [0.717, 1.165) is 50.5 Å². The Hall–Kier alpha value is -5.75. The van der Waals surface area contributed by atoms with Crippen LogP contribution in [0.3, 0.4) is 0 Å². The van der Waals surface area contributed by atoms with Crippen molar-refractivity contribution in [3.63, 3.8) is 0 Å². The van der Waals surface area contributed by atoms with Crippen molar-refractivity contribution < 1.29 is 20.1 Å². The van der Waals surface area contributed by atoms with E-state index in [4.69, 9.17) is 4.98 Å². The largest absolute Gasteiger partial charge is 0.332 e. The predicted octanol–water partition coefficient (Wildman–Crippen LogP) is 13.3. The molecule has 261 valence electrons. The van der Waals surface area contributed by atoms with Crippen LogP contribution in [0.1, 0.15) is 0 Å². The number of benzene rings is 6. The Morgan fingerprint density at radius 2 is 1.31 bits per heavy atom. The van der Waals surface area contributed by atoms with Crippen LogP contribution in [0.15, 0.2) is 187 Å². The van der Waals surface area contributed by atoms with Gasteiger partial charge in [-0.25, -0.2) is 0 Å². The van der Waals surface area contributed by atoms with Gasteiger partial charge in [-0.1, -0.05) is 137 Å². The van der Waals surface area contributed by atoms with E-state index in [9.17, 15) is 0 Å². The van der Waals surface area contributed by atoms with Crippen LogP contribution in [0.25, 0.3) is 82.8 Å². The van der Waals surface area contributed by atoms with Crippen LogP contribution < -0.4 is 0 Å². The van der Waals surface area contributed by atoms with Gasteiger partial charge in [-0.2, -0.15) is 11.3 Å². The second-order valence-corrected chi connectivity index (χ2v) is 14.1. The number of hydrogen-bond acceptors (Lipinski definition) is 4. The summed E-state index contributed by atoms with van der Waals surface area (Å²) in [7, 11) is 0. The molecule has 0 unspecified atom stereocenters. The molecule has 0 spiro atoms. The second kappa shape index (κ2) is 16.1. The van der Waals surface area contributed by atoms with Gasteiger partial charge in [-0.15, -0.1) is 41.3 Å². The second-order valence-electron chi connectivity index (χ2n) is 12.5. The number of para-hydroxylation sites is 3. The normalized spacial score (nSPS) is 10.8. The van der Waals surface area contributed by atoms with E-state index in [1.807, 2.05) is 42.5 Å². The van der Waals surface area contributed by atoms with E-state index in [0.29, 0.717) is 0 Å². The average molecular weight is 906 g/mol. The zero-order valence-electron chi connectivity index (χ0n) is 28.9. The molecule has 0 aliphatic rings. The zero-order valence-corrected chi connectivity index (χ0v) is 32.9. The van der Waals surface area contributed by atoms with Crippen molar-refractivity contribution in [1.29, 1.82) is 0 Å². The van der Waals surface area contributed by atoms with Gasteiger partial charge in [-0.3, -0.25) is 16.3 Å². The van der Waals surface area contributed by atoms with E-state index in [-0.39, 0.29) is 20.1 Å². The Kier molecular flexibility index (Phi) is 10.5. The Morgan fingerprint density at radius 3 is 2.00 bits per heavy atom. The third kappa shape index (κ3) is 7.01. The van der Waals surface area contributed by atoms with Crippen LogP contribution in [-0.2, 0) is 20.1 Å². The molecule has 4 aromatic heterocycles. The first-order valence-corrected chi connectivity index (χ1v) is 19.1. The minimum absolute atomic E-state index is 0. The fourth-order valence-corrected chi connectivity index (χ4v) is 8.22. The van der Waals surface area contributed by atoms with E-state index >= 15 is 0 Å². The van der Waals surface area contributed by atoms with Crippen molar-refractivity contribution in [3.8, 4) is 61.7 Å². The standard InChI is InChI=1S/C37H23N2S2.C11H8N.Ir/c1-3-10-25(11-4-1)29-14-9-15-30(26-12-5-2-6-13-26)36(29)39-34-17-8-7-16-33(34)38-37(39)32-24-41-35-19-18-27(22-31(32)35)28-20-21-40-23-28;1-2-6-10(7-3-1)11-8-4-5-9-12-11;/h1-23H;1-6,8-9H;/q2*-1;. The van der Waals surface area contributed by atoms with Crippen LogP contribution >= 0.6 is 22.7 Å². The van der Waals surface area contributed by atoms with Gasteiger partial charge >= 0.3 is 0 Å². The van der Waals surface area contributed by atoms with Crippen molar-refractivity contribution in [3.05, 3.63) is 198 Å². The Labute approximate surface area is 336 Å². The topological polar surface area (TPSA) is 30.7 Å². The minimum atomic E-state index is 0. The number of pyridine rings is 1. The molecular formula is C48H31IrN3S2-2. The summed E-state index contributed by atoms with van der Waals surface area (Å²) >= 11 is 3.38. The molecule has 0 saturated carbocycles. The monoisotopic (exact) mass is 906 g/mol. The number of rotatable bonds is 6. The van der Waals surface area contributed by atoms with Crippen molar-refractivity contribution >= 4 is 43.8 Å². The molecule has 1 radical (unpaired) electrons. The van der Waals surface area contributed by atoms with Gasteiger partial charge in [0.15, 0.2) is 0 Å². The fourth-order valence-electron chi connectivity index (χ4n) is 6.73. The van der Waals surface area contributed by atoms with E-state index < -0.39 is 0 Å². The van der Waals surface area contributed by atoms with Gasteiger partial charge in [0, 0.05) is 37.4 Å². The van der Waals surface area contributed by atoms with E-state index in [1.165, 1.54) is 32.3 Å². The molecule has 4 heterocycles. The number of imidazole rings is 1. The van der Waals surface area contributed by atoms with Gasteiger partial charge in [0.25, 0.3) is 0 Å². The number of thiophene rings is 2. The summed E-state index contributed by atoms with van der Waals surface area (Å²) in [6.45, 7) is 0. The Bertz CT molecular complexity index is 2660. The van der Waals surface area contributed by atoms with Crippen LogP contribution in [0, 0.1) is 11.4 Å². The third-order valence-electron chi connectivity index (χ3n) is 9.23. The zero-order chi connectivity index (χ0) is 35.4. The van der Waals surface area contributed by atoms with Crippen LogP contribution in [-0.4, -0.2) is 14.5 Å². The van der Waals surface area contributed by atoms with E-state index in [2.05, 4.69) is 159 Å². The first kappa shape index (κ1) is 35.3. The summed E-state index contributed by atoms with van der Waals surface area (Å²) in [6, 6.07) is 62.1. The first-order valence-electron chi connectivity index (χ1n) is 17.4. The third-order valence-corrected chi connectivity index (χ3v) is 10.8. The van der Waals surface area contributed by atoms with Crippen molar-refractivity contribution in [1.82, 2.24) is 14.5 Å². The molecule has 0 amide bonds. The molecule has 0 saturated heterocycles. The molecule has 6 aromatic carbocycles. The SMILES string of the molecule is [Ir].[c-]1ccccc1-c1ccccn1.[c-]1sc2ccc(-c3ccsc3)cc2c1-c1nc2ccccc2n1-c1c(-c2ccccc2)cccc1-c1ccccc1. The summed E-state index contributed by atoms with van der Waals surface area (Å²) < 4.78 is 3.56. The number of hydrogen-bond donors (Lipinski definition) is 0. The Morgan fingerprint density at radius 1 is 0.593 bits per heavy atom. The van der Waals surface area contributed by atoms with Gasteiger partial charge in [0.05, 0.1) is 22.5 Å². The summed E-state index contributed by atoms with van der Waals surface area (Å²) in [5.74, 6) is 0.903. The maximum atomic E-state index is 5.28. The summed E-state index contributed by atoms with van der Waals surface area (Å²) in [5, 5.41) is 9.16. The summed E-state index contributed by atoms with van der Waals surface area (Å²) in [6.07, 6.45) is 1.79. The first-order chi connectivity index (χ1) is 26.3.